The third kappa shape index (κ3) is 3.03. The van der Waals surface area contributed by atoms with Crippen molar-refractivity contribution < 1.29 is 18.3 Å². The van der Waals surface area contributed by atoms with Crippen molar-refractivity contribution in [3.05, 3.63) is 23.8 Å². The van der Waals surface area contributed by atoms with Crippen molar-refractivity contribution in [2.75, 3.05) is 14.2 Å². The van der Waals surface area contributed by atoms with Crippen LogP contribution in [-0.2, 0) is 0 Å². The van der Waals surface area contributed by atoms with Gasteiger partial charge in [-0.25, -0.2) is 8.78 Å². The molecule has 20 heavy (non-hydrogen) atoms. The number of methoxy groups -OCH3 is 2. The van der Waals surface area contributed by atoms with E-state index in [4.69, 9.17) is 15.2 Å². The van der Waals surface area contributed by atoms with E-state index in [1.54, 1.807) is 14.2 Å². The molecule has 112 valence electrons. The molecule has 0 spiro atoms. The van der Waals surface area contributed by atoms with E-state index in [0.717, 1.165) is 5.56 Å². The van der Waals surface area contributed by atoms with Crippen LogP contribution in [0.1, 0.15) is 37.3 Å². The minimum Gasteiger partial charge on any atom is -0.496 e. The summed E-state index contributed by atoms with van der Waals surface area (Å²) in [6.45, 7) is 0. The molecule has 0 bridgehead atoms. The van der Waals surface area contributed by atoms with Gasteiger partial charge in [0, 0.05) is 18.9 Å². The molecule has 1 atom stereocenters. The van der Waals surface area contributed by atoms with Crippen molar-refractivity contribution in [2.24, 2.45) is 11.7 Å². The molecule has 0 amide bonds. The maximum Gasteiger partial charge on any atom is 0.248 e. The Morgan fingerprint density at radius 2 is 1.65 bits per heavy atom. The molecule has 5 heteroatoms. The van der Waals surface area contributed by atoms with E-state index in [0.29, 0.717) is 24.3 Å². The van der Waals surface area contributed by atoms with Crippen molar-refractivity contribution in [3.8, 4) is 11.5 Å². The van der Waals surface area contributed by atoms with Gasteiger partial charge < -0.3 is 15.2 Å². The summed E-state index contributed by atoms with van der Waals surface area (Å²) >= 11 is 0. The first-order chi connectivity index (χ1) is 9.48. The predicted octanol–water partition coefficient (Wildman–Crippen LogP) is 3.53. The number of benzene rings is 1. The summed E-state index contributed by atoms with van der Waals surface area (Å²) in [5.74, 6) is -1.22. The van der Waals surface area contributed by atoms with Crippen LogP contribution in [0, 0.1) is 5.92 Å². The lowest BCUT2D eigenvalue weighted by molar-refractivity contribution is -0.0484. The van der Waals surface area contributed by atoms with Crippen LogP contribution in [0.15, 0.2) is 18.2 Å². The first kappa shape index (κ1) is 15.0. The van der Waals surface area contributed by atoms with Crippen LogP contribution in [-0.4, -0.2) is 20.1 Å². The summed E-state index contributed by atoms with van der Waals surface area (Å²) < 4.78 is 37.2. The van der Waals surface area contributed by atoms with Gasteiger partial charge in [0.05, 0.1) is 19.8 Å². The highest BCUT2D eigenvalue weighted by atomic mass is 19.3. The molecule has 2 rings (SSSR count). The molecule has 0 aromatic heterocycles. The van der Waals surface area contributed by atoms with Gasteiger partial charge in [-0.2, -0.15) is 0 Å². The van der Waals surface area contributed by atoms with Crippen molar-refractivity contribution in [1.29, 1.82) is 0 Å². The van der Waals surface area contributed by atoms with Gasteiger partial charge in [0.25, 0.3) is 0 Å². The highest BCUT2D eigenvalue weighted by Crippen LogP contribution is 2.44. The van der Waals surface area contributed by atoms with Crippen molar-refractivity contribution in [2.45, 2.75) is 37.6 Å². The van der Waals surface area contributed by atoms with Crippen LogP contribution >= 0.6 is 0 Å². The van der Waals surface area contributed by atoms with Crippen molar-refractivity contribution in [1.82, 2.24) is 0 Å². The zero-order valence-corrected chi connectivity index (χ0v) is 11.9. The smallest absolute Gasteiger partial charge is 0.248 e. The van der Waals surface area contributed by atoms with E-state index < -0.39 is 5.92 Å². The Kier molecular flexibility index (Phi) is 4.48. The van der Waals surface area contributed by atoms with Gasteiger partial charge in [-0.1, -0.05) is 6.07 Å². The maximum absolute atomic E-state index is 13.2. The molecule has 1 aromatic carbocycles. The van der Waals surface area contributed by atoms with Gasteiger partial charge in [-0.15, -0.1) is 0 Å². The molecule has 2 N–H and O–H groups in total. The maximum atomic E-state index is 13.2. The molecular formula is C15H21F2NO2. The number of alkyl halides is 2. The molecule has 1 saturated carbocycles. The average molecular weight is 285 g/mol. The Balaban J connectivity index is 2.23. The number of halogens is 2. The van der Waals surface area contributed by atoms with Gasteiger partial charge in [0.1, 0.15) is 11.5 Å². The summed E-state index contributed by atoms with van der Waals surface area (Å²) in [4.78, 5) is 0. The second-order valence-electron chi connectivity index (χ2n) is 5.30. The van der Waals surface area contributed by atoms with Crippen LogP contribution in [0.25, 0.3) is 0 Å². The van der Waals surface area contributed by atoms with Gasteiger partial charge in [-0.05, 0) is 30.9 Å². The summed E-state index contributed by atoms with van der Waals surface area (Å²) in [7, 11) is 3.14. The van der Waals surface area contributed by atoms with Gasteiger partial charge in [0.2, 0.25) is 5.92 Å². The molecule has 1 fully saturated rings. The van der Waals surface area contributed by atoms with Crippen LogP contribution in [0.5, 0.6) is 11.5 Å². The van der Waals surface area contributed by atoms with Crippen LogP contribution < -0.4 is 15.2 Å². The Bertz CT molecular complexity index is 433. The molecule has 3 nitrogen and oxygen atoms in total. The summed E-state index contributed by atoms with van der Waals surface area (Å²) in [5.41, 5.74) is 7.08. The lowest BCUT2D eigenvalue weighted by Crippen LogP contribution is -2.31. The lowest BCUT2D eigenvalue weighted by atomic mass is 9.79. The van der Waals surface area contributed by atoms with E-state index in [1.165, 1.54) is 0 Å². The largest absolute Gasteiger partial charge is 0.496 e. The minimum absolute atomic E-state index is 0.0276. The van der Waals surface area contributed by atoms with Crippen molar-refractivity contribution in [3.63, 3.8) is 0 Å². The normalized spacial score (nSPS) is 20.4. The first-order valence-corrected chi connectivity index (χ1v) is 6.83. The van der Waals surface area contributed by atoms with Gasteiger partial charge >= 0.3 is 0 Å². The van der Waals surface area contributed by atoms with E-state index >= 15 is 0 Å². The highest BCUT2D eigenvalue weighted by Gasteiger charge is 2.38. The van der Waals surface area contributed by atoms with E-state index in [-0.39, 0.29) is 24.8 Å². The quantitative estimate of drug-likeness (QED) is 0.920. The molecule has 0 aliphatic heterocycles. The summed E-state index contributed by atoms with van der Waals surface area (Å²) in [6, 6.07) is 5.10. The fraction of sp³-hybridized carbons (Fsp3) is 0.600. The standard InChI is InChI=1S/C15H21F2NO2/c1-19-11-4-3-5-12(20-2)13(11)14(18)10-6-8-15(16,17)9-7-10/h3-5,10,14H,6-9,18H2,1-2H3. The number of rotatable bonds is 4. The fourth-order valence-electron chi connectivity index (χ4n) is 2.87. The second-order valence-corrected chi connectivity index (χ2v) is 5.30. The lowest BCUT2D eigenvalue weighted by Gasteiger charge is -2.33. The summed E-state index contributed by atoms with van der Waals surface area (Å²) in [5, 5.41) is 0. The van der Waals surface area contributed by atoms with Crippen molar-refractivity contribution >= 4 is 0 Å². The Labute approximate surface area is 118 Å². The highest BCUT2D eigenvalue weighted by molar-refractivity contribution is 5.47. The Hall–Kier alpha value is -1.36. The zero-order chi connectivity index (χ0) is 14.8. The summed E-state index contributed by atoms with van der Waals surface area (Å²) in [6.07, 6.45) is 0.663. The molecule has 0 heterocycles. The molecule has 1 unspecified atom stereocenters. The Morgan fingerprint density at radius 3 is 2.10 bits per heavy atom. The monoisotopic (exact) mass is 285 g/mol. The van der Waals surface area contributed by atoms with Crippen LogP contribution in [0.4, 0.5) is 8.78 Å². The average Bonchev–Trinajstić information content (AvgIpc) is 2.45. The fourth-order valence-corrected chi connectivity index (χ4v) is 2.87. The molecule has 1 aliphatic carbocycles. The second kappa shape index (κ2) is 5.95. The number of ether oxygens (including phenoxy) is 2. The van der Waals surface area contributed by atoms with E-state index in [1.807, 2.05) is 18.2 Å². The zero-order valence-electron chi connectivity index (χ0n) is 11.9. The third-order valence-electron chi connectivity index (χ3n) is 4.07. The number of nitrogens with two attached hydrogens (primary N) is 1. The molecule has 0 saturated heterocycles. The molecular weight excluding hydrogens is 264 g/mol. The number of hydrogen-bond donors (Lipinski definition) is 1. The topological polar surface area (TPSA) is 44.5 Å². The first-order valence-electron chi connectivity index (χ1n) is 6.83. The molecule has 1 aliphatic rings. The molecule has 0 radical (unpaired) electrons. The van der Waals surface area contributed by atoms with Gasteiger partial charge in [-0.3, -0.25) is 0 Å². The molecule has 1 aromatic rings. The number of hydrogen-bond acceptors (Lipinski definition) is 3. The SMILES string of the molecule is COc1cccc(OC)c1C(N)C1CCC(F)(F)CC1. The third-order valence-corrected chi connectivity index (χ3v) is 4.07. The van der Waals surface area contributed by atoms with Crippen LogP contribution in [0.3, 0.4) is 0 Å². The predicted molar refractivity (Wildman–Crippen MR) is 73.4 cm³/mol. The van der Waals surface area contributed by atoms with Gasteiger partial charge in [0.15, 0.2) is 0 Å². The minimum atomic E-state index is -2.54. The van der Waals surface area contributed by atoms with E-state index in [9.17, 15) is 8.78 Å². The van der Waals surface area contributed by atoms with E-state index in [2.05, 4.69) is 0 Å². The van der Waals surface area contributed by atoms with Crippen LogP contribution in [0.2, 0.25) is 0 Å². The Morgan fingerprint density at radius 1 is 1.15 bits per heavy atom.